The fourth-order valence-electron chi connectivity index (χ4n) is 2.89. The van der Waals surface area contributed by atoms with Crippen LogP contribution in [0.1, 0.15) is 11.1 Å². The zero-order valence-electron chi connectivity index (χ0n) is 14.3. The van der Waals surface area contributed by atoms with E-state index >= 15 is 0 Å². The van der Waals surface area contributed by atoms with Gasteiger partial charge in [-0.25, -0.2) is 4.39 Å². The summed E-state index contributed by atoms with van der Waals surface area (Å²) in [6.45, 7) is 2.54. The average Bonchev–Trinajstić information content (AvgIpc) is 2.98. The van der Waals surface area contributed by atoms with Gasteiger partial charge in [0.2, 0.25) is 0 Å². The van der Waals surface area contributed by atoms with Gasteiger partial charge in [-0.3, -0.25) is 15.1 Å². The summed E-state index contributed by atoms with van der Waals surface area (Å²) < 4.78 is 21.6. The summed E-state index contributed by atoms with van der Waals surface area (Å²) in [7, 11) is 0. The quantitative estimate of drug-likeness (QED) is 0.556. The molecule has 0 aliphatic rings. The molecule has 0 saturated heterocycles. The number of rotatable bonds is 5. The highest BCUT2D eigenvalue weighted by molar-refractivity contribution is 5.85. The topological polar surface area (TPSA) is 39.1 Å². The molecule has 0 atom stereocenters. The van der Waals surface area contributed by atoms with Crippen molar-refractivity contribution in [3.8, 4) is 5.75 Å². The molecule has 4 aromatic rings. The number of aryl methyl sites for hydroxylation is 1. The number of hydrogen-bond acceptors (Lipinski definition) is 3. The van der Waals surface area contributed by atoms with Crippen LogP contribution in [0.5, 0.6) is 5.75 Å². The van der Waals surface area contributed by atoms with Crippen molar-refractivity contribution in [1.82, 2.24) is 9.66 Å². The molecule has 0 unspecified atom stereocenters. The van der Waals surface area contributed by atoms with Gasteiger partial charge in [0.15, 0.2) is 5.82 Å². The lowest BCUT2D eigenvalue weighted by Gasteiger charge is -2.10. The second-order valence-corrected chi connectivity index (χ2v) is 6.10. The Hall–Kier alpha value is -3.34. The van der Waals surface area contributed by atoms with Crippen molar-refractivity contribution in [1.29, 1.82) is 0 Å². The zero-order valence-corrected chi connectivity index (χ0v) is 14.3. The van der Waals surface area contributed by atoms with Crippen LogP contribution >= 0.6 is 0 Å². The van der Waals surface area contributed by atoms with Gasteiger partial charge in [-0.05, 0) is 42.3 Å². The standard InChI is InChI=1S/C21H18FN3O/c1-15-13-25(24-20-9-10-23-12-19(20)22)21-8-7-17(11-18(15)21)26-14-16-5-3-2-4-6-16/h2-13H,14H2,1H3,(H,23,24). The monoisotopic (exact) mass is 347 g/mol. The van der Waals surface area contributed by atoms with Crippen molar-refractivity contribution in [2.24, 2.45) is 0 Å². The molecule has 2 aromatic carbocycles. The predicted octanol–water partition coefficient (Wildman–Crippen LogP) is 4.94. The molecular formula is C21H18FN3O. The Labute approximate surface area is 150 Å². The van der Waals surface area contributed by atoms with Gasteiger partial charge < -0.3 is 4.74 Å². The minimum atomic E-state index is -0.394. The van der Waals surface area contributed by atoms with Crippen molar-refractivity contribution in [2.75, 3.05) is 5.43 Å². The summed E-state index contributed by atoms with van der Waals surface area (Å²) >= 11 is 0. The van der Waals surface area contributed by atoms with Gasteiger partial charge in [-0.2, -0.15) is 0 Å². The van der Waals surface area contributed by atoms with E-state index in [9.17, 15) is 4.39 Å². The molecule has 2 heterocycles. The summed E-state index contributed by atoms with van der Waals surface area (Å²) in [4.78, 5) is 3.77. The second kappa shape index (κ2) is 6.88. The molecule has 0 amide bonds. The van der Waals surface area contributed by atoms with Gasteiger partial charge in [-0.15, -0.1) is 0 Å². The first-order chi connectivity index (χ1) is 12.7. The number of hydrogen-bond donors (Lipinski definition) is 1. The molecule has 0 aliphatic carbocycles. The van der Waals surface area contributed by atoms with Crippen LogP contribution in [0.2, 0.25) is 0 Å². The molecule has 0 spiro atoms. The summed E-state index contributed by atoms with van der Waals surface area (Å²) in [6.07, 6.45) is 4.68. The molecule has 0 saturated carbocycles. The summed E-state index contributed by atoms with van der Waals surface area (Å²) in [6, 6.07) is 17.6. The number of nitrogens with one attached hydrogen (secondary N) is 1. The van der Waals surface area contributed by atoms with E-state index in [2.05, 4.69) is 10.4 Å². The van der Waals surface area contributed by atoms with E-state index in [1.54, 1.807) is 12.3 Å². The Morgan fingerprint density at radius 3 is 2.77 bits per heavy atom. The van der Waals surface area contributed by atoms with E-state index in [0.717, 1.165) is 27.8 Å². The van der Waals surface area contributed by atoms with E-state index in [-0.39, 0.29) is 0 Å². The molecule has 130 valence electrons. The number of fused-ring (bicyclic) bond motifs is 1. The van der Waals surface area contributed by atoms with Crippen LogP contribution in [-0.2, 0) is 6.61 Å². The molecule has 1 N–H and O–H groups in total. The SMILES string of the molecule is Cc1cn(Nc2ccncc2F)c2ccc(OCc3ccccc3)cc12. The Morgan fingerprint density at radius 1 is 1.12 bits per heavy atom. The van der Waals surface area contributed by atoms with Gasteiger partial charge in [-0.1, -0.05) is 30.3 Å². The van der Waals surface area contributed by atoms with Crippen LogP contribution < -0.4 is 10.2 Å². The van der Waals surface area contributed by atoms with Gasteiger partial charge in [0.25, 0.3) is 0 Å². The van der Waals surface area contributed by atoms with Crippen molar-refractivity contribution in [3.63, 3.8) is 0 Å². The van der Waals surface area contributed by atoms with Gasteiger partial charge >= 0.3 is 0 Å². The second-order valence-electron chi connectivity index (χ2n) is 6.10. The molecule has 0 bridgehead atoms. The summed E-state index contributed by atoms with van der Waals surface area (Å²) in [5, 5.41) is 1.05. The molecular weight excluding hydrogens is 329 g/mol. The Bertz CT molecular complexity index is 1040. The van der Waals surface area contributed by atoms with Crippen LogP contribution in [0.25, 0.3) is 10.9 Å². The highest BCUT2D eigenvalue weighted by atomic mass is 19.1. The number of anilines is 1. The normalized spacial score (nSPS) is 10.8. The lowest BCUT2D eigenvalue weighted by atomic mass is 10.2. The molecule has 4 rings (SSSR count). The highest BCUT2D eigenvalue weighted by Crippen LogP contribution is 2.26. The smallest absolute Gasteiger partial charge is 0.166 e. The van der Waals surface area contributed by atoms with Crippen molar-refractivity contribution >= 4 is 16.6 Å². The molecule has 2 aromatic heterocycles. The number of benzene rings is 2. The fourth-order valence-corrected chi connectivity index (χ4v) is 2.89. The first-order valence-electron chi connectivity index (χ1n) is 8.36. The lowest BCUT2D eigenvalue weighted by molar-refractivity contribution is 0.306. The minimum Gasteiger partial charge on any atom is -0.489 e. The molecule has 5 heteroatoms. The molecule has 0 aliphatic heterocycles. The first-order valence-corrected chi connectivity index (χ1v) is 8.36. The van der Waals surface area contributed by atoms with Crippen LogP contribution in [-0.4, -0.2) is 9.66 Å². The number of nitrogens with zero attached hydrogens (tertiary/aromatic N) is 2. The maximum Gasteiger partial charge on any atom is 0.166 e. The number of aromatic nitrogens is 2. The molecule has 0 fully saturated rings. The maximum atomic E-state index is 13.8. The van der Waals surface area contributed by atoms with Gasteiger partial charge in [0, 0.05) is 17.8 Å². The highest BCUT2D eigenvalue weighted by Gasteiger charge is 2.09. The van der Waals surface area contributed by atoms with E-state index in [4.69, 9.17) is 4.74 Å². The van der Waals surface area contributed by atoms with Gasteiger partial charge in [0.1, 0.15) is 12.4 Å². The largest absolute Gasteiger partial charge is 0.489 e. The third-order valence-electron chi connectivity index (χ3n) is 4.24. The third-order valence-corrected chi connectivity index (χ3v) is 4.24. The van der Waals surface area contributed by atoms with E-state index in [1.165, 1.54) is 6.20 Å². The number of pyridine rings is 1. The van der Waals surface area contributed by atoms with Gasteiger partial charge in [0.05, 0.1) is 17.4 Å². The van der Waals surface area contributed by atoms with Crippen LogP contribution in [0.4, 0.5) is 10.1 Å². The van der Waals surface area contributed by atoms with E-state index in [0.29, 0.717) is 12.3 Å². The van der Waals surface area contributed by atoms with Crippen LogP contribution in [0.3, 0.4) is 0 Å². The van der Waals surface area contributed by atoms with Crippen LogP contribution in [0, 0.1) is 12.7 Å². The number of halogens is 1. The number of ether oxygens (including phenoxy) is 1. The fraction of sp³-hybridized carbons (Fsp3) is 0.0952. The van der Waals surface area contributed by atoms with Crippen molar-refractivity contribution in [3.05, 3.63) is 90.1 Å². The Kier molecular flexibility index (Phi) is 4.27. The Balaban J connectivity index is 1.59. The lowest BCUT2D eigenvalue weighted by Crippen LogP contribution is -2.08. The zero-order chi connectivity index (χ0) is 17.9. The van der Waals surface area contributed by atoms with E-state index in [1.807, 2.05) is 66.3 Å². The molecule has 0 radical (unpaired) electrons. The summed E-state index contributed by atoms with van der Waals surface area (Å²) in [5.41, 5.74) is 6.60. The van der Waals surface area contributed by atoms with Crippen molar-refractivity contribution < 1.29 is 9.13 Å². The van der Waals surface area contributed by atoms with Crippen molar-refractivity contribution in [2.45, 2.75) is 13.5 Å². The minimum absolute atomic E-state index is 0.376. The van der Waals surface area contributed by atoms with Crippen LogP contribution in [0.15, 0.2) is 73.2 Å². The Morgan fingerprint density at radius 2 is 1.96 bits per heavy atom. The maximum absolute atomic E-state index is 13.8. The predicted molar refractivity (Wildman–Crippen MR) is 101 cm³/mol. The molecule has 4 nitrogen and oxygen atoms in total. The third kappa shape index (κ3) is 3.24. The molecule has 26 heavy (non-hydrogen) atoms. The van der Waals surface area contributed by atoms with E-state index < -0.39 is 5.82 Å². The first kappa shape index (κ1) is 16.1. The average molecular weight is 347 g/mol. The summed E-state index contributed by atoms with van der Waals surface area (Å²) in [5.74, 6) is 0.409.